The predicted octanol–water partition coefficient (Wildman–Crippen LogP) is 2.91. The number of carbonyl (C=O) groups excluding carboxylic acids is 2. The molecular formula is C22H30ClN3O3. The second kappa shape index (κ2) is 10.1. The Morgan fingerprint density at radius 1 is 1.03 bits per heavy atom. The average molecular weight is 420 g/mol. The summed E-state index contributed by atoms with van der Waals surface area (Å²) in [6, 6.07) is 5.18. The van der Waals surface area contributed by atoms with Crippen LogP contribution in [0.25, 0.3) is 6.08 Å². The van der Waals surface area contributed by atoms with Crippen LogP contribution in [0.5, 0.6) is 5.75 Å². The lowest BCUT2D eigenvalue weighted by molar-refractivity contribution is -0.138. The van der Waals surface area contributed by atoms with Crippen LogP contribution >= 0.6 is 11.6 Å². The second-order valence-electron chi connectivity index (χ2n) is 7.64. The summed E-state index contributed by atoms with van der Waals surface area (Å²) in [5, 5.41) is 0.596. The molecule has 0 aliphatic carbocycles. The van der Waals surface area contributed by atoms with Crippen molar-refractivity contribution in [2.75, 3.05) is 46.4 Å². The van der Waals surface area contributed by atoms with Crippen molar-refractivity contribution >= 4 is 29.5 Å². The van der Waals surface area contributed by atoms with Gasteiger partial charge in [0.05, 0.1) is 13.2 Å². The van der Waals surface area contributed by atoms with Gasteiger partial charge in [0, 0.05) is 55.9 Å². The number of piperidine rings is 1. The lowest BCUT2D eigenvalue weighted by Gasteiger charge is -2.39. The molecule has 2 fully saturated rings. The number of ether oxygens (including phenoxy) is 1. The van der Waals surface area contributed by atoms with Crippen molar-refractivity contribution in [3.05, 3.63) is 34.9 Å². The van der Waals surface area contributed by atoms with Crippen molar-refractivity contribution in [1.82, 2.24) is 14.7 Å². The van der Waals surface area contributed by atoms with Gasteiger partial charge in [0.1, 0.15) is 5.75 Å². The number of halogens is 1. The highest BCUT2D eigenvalue weighted by atomic mass is 35.5. The topological polar surface area (TPSA) is 53.1 Å². The van der Waals surface area contributed by atoms with E-state index in [9.17, 15) is 9.59 Å². The van der Waals surface area contributed by atoms with Gasteiger partial charge in [-0.2, -0.15) is 0 Å². The van der Waals surface area contributed by atoms with Crippen molar-refractivity contribution in [2.24, 2.45) is 0 Å². The minimum atomic E-state index is -0.128. The number of methoxy groups -OCH3 is 1. The van der Waals surface area contributed by atoms with Crippen LogP contribution in [-0.2, 0) is 9.59 Å². The van der Waals surface area contributed by atoms with Crippen LogP contribution in [-0.4, -0.2) is 78.9 Å². The Hall–Kier alpha value is -2.05. The lowest BCUT2D eigenvalue weighted by atomic mass is 10.1. The van der Waals surface area contributed by atoms with E-state index in [1.54, 1.807) is 37.5 Å². The molecule has 2 heterocycles. The first-order valence-corrected chi connectivity index (χ1v) is 10.7. The summed E-state index contributed by atoms with van der Waals surface area (Å²) in [6.07, 6.45) is 6.72. The first-order valence-electron chi connectivity index (χ1n) is 10.3. The standard InChI is InChI=1S/C22H30ClN3O3/c1-17(22(28)26-10-4-3-5-11-26)24-12-14-25(15-13-24)21(27)9-6-18-16-19(23)7-8-20(18)29-2/h6-9,16-17H,3-5,10-15H2,1-2H3/b9-6+. The fourth-order valence-electron chi connectivity index (χ4n) is 3.97. The van der Waals surface area contributed by atoms with E-state index >= 15 is 0 Å². The summed E-state index contributed by atoms with van der Waals surface area (Å²) in [7, 11) is 1.59. The quantitative estimate of drug-likeness (QED) is 0.688. The largest absolute Gasteiger partial charge is 0.496 e. The van der Waals surface area contributed by atoms with Gasteiger partial charge in [-0.15, -0.1) is 0 Å². The third-order valence-corrected chi connectivity index (χ3v) is 6.03. The van der Waals surface area contributed by atoms with Crippen molar-refractivity contribution in [3.8, 4) is 5.75 Å². The van der Waals surface area contributed by atoms with Gasteiger partial charge in [0.25, 0.3) is 0 Å². The molecule has 2 saturated heterocycles. The molecule has 0 saturated carbocycles. The summed E-state index contributed by atoms with van der Waals surface area (Å²) in [5.74, 6) is 0.854. The van der Waals surface area contributed by atoms with Crippen LogP contribution in [0, 0.1) is 0 Å². The number of rotatable bonds is 5. The number of likely N-dealkylation sites (tertiary alicyclic amines) is 1. The van der Waals surface area contributed by atoms with E-state index in [1.807, 2.05) is 16.7 Å². The second-order valence-corrected chi connectivity index (χ2v) is 8.08. The Labute approximate surface area is 178 Å². The number of hydrogen-bond acceptors (Lipinski definition) is 4. The highest BCUT2D eigenvalue weighted by Crippen LogP contribution is 2.24. The van der Waals surface area contributed by atoms with Crippen LogP contribution in [0.4, 0.5) is 0 Å². The highest BCUT2D eigenvalue weighted by molar-refractivity contribution is 6.30. The fraction of sp³-hybridized carbons (Fsp3) is 0.545. The molecular weight excluding hydrogens is 390 g/mol. The van der Waals surface area contributed by atoms with E-state index < -0.39 is 0 Å². The van der Waals surface area contributed by atoms with Crippen molar-refractivity contribution in [1.29, 1.82) is 0 Å². The van der Waals surface area contributed by atoms with Gasteiger partial charge in [0.2, 0.25) is 11.8 Å². The Balaban J connectivity index is 1.53. The number of amides is 2. The molecule has 6 nitrogen and oxygen atoms in total. The molecule has 3 rings (SSSR count). The smallest absolute Gasteiger partial charge is 0.246 e. The lowest BCUT2D eigenvalue weighted by Crippen LogP contribution is -2.55. The Bertz CT molecular complexity index is 754. The van der Waals surface area contributed by atoms with Gasteiger partial charge in [-0.05, 0) is 50.5 Å². The molecule has 0 bridgehead atoms. The van der Waals surface area contributed by atoms with E-state index in [-0.39, 0.29) is 17.9 Å². The van der Waals surface area contributed by atoms with Gasteiger partial charge in [-0.25, -0.2) is 0 Å². The molecule has 158 valence electrons. The molecule has 0 N–H and O–H groups in total. The van der Waals surface area contributed by atoms with Gasteiger partial charge in [-0.1, -0.05) is 11.6 Å². The molecule has 29 heavy (non-hydrogen) atoms. The first kappa shape index (κ1) is 21.7. The monoisotopic (exact) mass is 419 g/mol. The summed E-state index contributed by atoms with van der Waals surface area (Å²) >= 11 is 6.04. The number of carbonyl (C=O) groups is 2. The molecule has 0 spiro atoms. The summed E-state index contributed by atoms with van der Waals surface area (Å²) in [6.45, 7) is 6.39. The van der Waals surface area contributed by atoms with E-state index in [0.717, 1.165) is 31.5 Å². The third-order valence-electron chi connectivity index (χ3n) is 5.80. The molecule has 2 aliphatic rings. The minimum absolute atomic E-state index is 0.0401. The molecule has 0 radical (unpaired) electrons. The SMILES string of the molecule is COc1ccc(Cl)cc1/C=C/C(=O)N1CCN(C(C)C(=O)N2CCCCC2)CC1. The zero-order valence-corrected chi connectivity index (χ0v) is 18.0. The van der Waals surface area contributed by atoms with E-state index in [4.69, 9.17) is 16.3 Å². The fourth-order valence-corrected chi connectivity index (χ4v) is 4.15. The number of benzene rings is 1. The average Bonchev–Trinajstić information content (AvgIpc) is 2.77. The number of nitrogens with zero attached hydrogens (tertiary/aromatic N) is 3. The Morgan fingerprint density at radius 2 is 1.72 bits per heavy atom. The zero-order chi connectivity index (χ0) is 20.8. The highest BCUT2D eigenvalue weighted by Gasteiger charge is 2.30. The van der Waals surface area contributed by atoms with Gasteiger partial charge in [-0.3, -0.25) is 14.5 Å². The van der Waals surface area contributed by atoms with Crippen LogP contribution in [0.2, 0.25) is 5.02 Å². The first-order chi connectivity index (χ1) is 14.0. The molecule has 2 aliphatic heterocycles. The van der Waals surface area contributed by atoms with Crippen LogP contribution in [0.3, 0.4) is 0 Å². The number of hydrogen-bond donors (Lipinski definition) is 0. The maximum atomic E-state index is 12.7. The van der Waals surface area contributed by atoms with Gasteiger partial charge < -0.3 is 14.5 Å². The minimum Gasteiger partial charge on any atom is -0.496 e. The van der Waals surface area contributed by atoms with Crippen LogP contribution in [0.15, 0.2) is 24.3 Å². The molecule has 1 atom stereocenters. The van der Waals surface area contributed by atoms with Crippen molar-refractivity contribution < 1.29 is 14.3 Å². The van der Waals surface area contributed by atoms with E-state index in [1.165, 1.54) is 6.42 Å². The predicted molar refractivity (Wildman–Crippen MR) is 115 cm³/mol. The maximum Gasteiger partial charge on any atom is 0.246 e. The van der Waals surface area contributed by atoms with E-state index in [0.29, 0.717) is 37.0 Å². The molecule has 1 aromatic rings. The Kier molecular flexibility index (Phi) is 7.56. The summed E-state index contributed by atoms with van der Waals surface area (Å²) in [4.78, 5) is 31.3. The number of piperazine rings is 1. The molecule has 7 heteroatoms. The van der Waals surface area contributed by atoms with E-state index in [2.05, 4.69) is 4.90 Å². The van der Waals surface area contributed by atoms with Crippen molar-refractivity contribution in [2.45, 2.75) is 32.2 Å². The molecule has 1 unspecified atom stereocenters. The van der Waals surface area contributed by atoms with Gasteiger partial charge in [0.15, 0.2) is 0 Å². The van der Waals surface area contributed by atoms with Crippen molar-refractivity contribution in [3.63, 3.8) is 0 Å². The Morgan fingerprint density at radius 3 is 2.38 bits per heavy atom. The summed E-state index contributed by atoms with van der Waals surface area (Å²) in [5.41, 5.74) is 0.771. The third kappa shape index (κ3) is 5.52. The van der Waals surface area contributed by atoms with Crippen LogP contribution < -0.4 is 4.74 Å². The van der Waals surface area contributed by atoms with Crippen LogP contribution in [0.1, 0.15) is 31.7 Å². The summed E-state index contributed by atoms with van der Waals surface area (Å²) < 4.78 is 5.31. The normalized spacial score (nSPS) is 19.4. The molecule has 2 amide bonds. The molecule has 0 aromatic heterocycles. The van der Waals surface area contributed by atoms with Gasteiger partial charge >= 0.3 is 0 Å². The molecule has 1 aromatic carbocycles. The zero-order valence-electron chi connectivity index (χ0n) is 17.3. The maximum absolute atomic E-state index is 12.7.